The molecule has 0 unspecified atom stereocenters. The van der Waals surface area contributed by atoms with Crippen molar-refractivity contribution < 1.29 is 18.3 Å². The minimum absolute atomic E-state index is 0.0589. The molecule has 1 aliphatic rings. The Morgan fingerprint density at radius 2 is 2.00 bits per heavy atom. The molecule has 2 aromatic heterocycles. The van der Waals surface area contributed by atoms with Crippen LogP contribution in [0.4, 0.5) is 30.6 Å². The van der Waals surface area contributed by atoms with Gasteiger partial charge in [0.1, 0.15) is 11.4 Å². The maximum absolute atomic E-state index is 13.1. The lowest BCUT2D eigenvalue weighted by Crippen LogP contribution is -2.26. The monoisotopic (exact) mass is 384 g/mol. The highest BCUT2D eigenvalue weighted by molar-refractivity contribution is 5.59. The molecule has 0 amide bonds. The smallest absolute Gasteiger partial charge is 0.389 e. The fraction of sp³-hybridized carbons (Fsp3) is 0.588. The number of halogens is 3. The number of alkyl halides is 3. The van der Waals surface area contributed by atoms with Crippen LogP contribution in [0.15, 0.2) is 12.4 Å². The van der Waals surface area contributed by atoms with Crippen LogP contribution in [-0.4, -0.2) is 37.0 Å². The minimum atomic E-state index is -4.53. The normalized spacial score (nSPS) is 15.1. The summed E-state index contributed by atoms with van der Waals surface area (Å²) in [5, 5.41) is 20.1. The maximum atomic E-state index is 13.1. The van der Waals surface area contributed by atoms with Gasteiger partial charge in [-0.1, -0.05) is 0 Å². The molecule has 0 radical (unpaired) electrons. The van der Waals surface area contributed by atoms with Crippen molar-refractivity contribution >= 4 is 17.5 Å². The highest BCUT2D eigenvalue weighted by Gasteiger charge is 2.35. The largest absolute Gasteiger partial charge is 0.421 e. The third-order valence-corrected chi connectivity index (χ3v) is 3.99. The molecule has 3 N–H and O–H groups in total. The topological polar surface area (TPSA) is 87.9 Å². The van der Waals surface area contributed by atoms with Crippen molar-refractivity contribution in [3.8, 4) is 0 Å². The van der Waals surface area contributed by atoms with Gasteiger partial charge in [-0.3, -0.25) is 4.68 Å². The van der Waals surface area contributed by atoms with Crippen LogP contribution in [0, 0.1) is 0 Å². The van der Waals surface area contributed by atoms with E-state index in [0.717, 1.165) is 24.7 Å². The van der Waals surface area contributed by atoms with E-state index < -0.39 is 17.3 Å². The van der Waals surface area contributed by atoms with Gasteiger partial charge in [0.15, 0.2) is 0 Å². The Morgan fingerprint density at radius 1 is 1.30 bits per heavy atom. The van der Waals surface area contributed by atoms with Gasteiger partial charge in [0.25, 0.3) is 0 Å². The molecule has 0 spiro atoms. The summed E-state index contributed by atoms with van der Waals surface area (Å²) in [7, 11) is 0. The van der Waals surface area contributed by atoms with Crippen LogP contribution < -0.4 is 10.6 Å². The van der Waals surface area contributed by atoms with E-state index in [4.69, 9.17) is 0 Å². The lowest BCUT2D eigenvalue weighted by Gasteiger charge is -2.16. The van der Waals surface area contributed by atoms with Gasteiger partial charge in [0.2, 0.25) is 5.95 Å². The summed E-state index contributed by atoms with van der Waals surface area (Å²) in [5.41, 5.74) is -0.389. The van der Waals surface area contributed by atoms with Crippen molar-refractivity contribution in [1.82, 2.24) is 19.7 Å². The van der Waals surface area contributed by atoms with E-state index in [2.05, 4.69) is 25.7 Å². The molecule has 1 aliphatic carbocycles. The van der Waals surface area contributed by atoms with Crippen LogP contribution in [0.3, 0.4) is 0 Å². The summed E-state index contributed by atoms with van der Waals surface area (Å²) in [6.45, 7) is 5.66. The average molecular weight is 384 g/mol. The lowest BCUT2D eigenvalue weighted by molar-refractivity contribution is -0.137. The Kier molecular flexibility index (Phi) is 5.02. The molecular weight excluding hydrogens is 361 g/mol. The van der Waals surface area contributed by atoms with Gasteiger partial charge in [-0.05, 0) is 33.6 Å². The summed E-state index contributed by atoms with van der Waals surface area (Å²) >= 11 is 0. The van der Waals surface area contributed by atoms with E-state index >= 15 is 0 Å². The molecule has 148 valence electrons. The number of hydrogen-bond acceptors (Lipinski definition) is 6. The van der Waals surface area contributed by atoms with Crippen molar-refractivity contribution in [2.24, 2.45) is 0 Å². The van der Waals surface area contributed by atoms with Gasteiger partial charge < -0.3 is 15.7 Å². The predicted molar refractivity (Wildman–Crippen MR) is 95.0 cm³/mol. The Labute approximate surface area is 155 Å². The average Bonchev–Trinajstić information content (AvgIpc) is 3.29. The summed E-state index contributed by atoms with van der Waals surface area (Å²) in [4.78, 5) is 7.81. The molecule has 2 aromatic rings. The summed E-state index contributed by atoms with van der Waals surface area (Å²) in [6.07, 6.45) is -0.0345. The first kappa shape index (κ1) is 19.4. The van der Waals surface area contributed by atoms with Gasteiger partial charge in [-0.25, -0.2) is 4.98 Å². The molecule has 1 fully saturated rings. The van der Waals surface area contributed by atoms with Gasteiger partial charge in [0, 0.05) is 24.9 Å². The molecule has 0 aromatic carbocycles. The van der Waals surface area contributed by atoms with Gasteiger partial charge in [0.05, 0.1) is 23.5 Å². The molecule has 0 aliphatic heterocycles. The Morgan fingerprint density at radius 3 is 2.56 bits per heavy atom. The van der Waals surface area contributed by atoms with E-state index in [0.29, 0.717) is 24.7 Å². The molecule has 3 rings (SSSR count). The van der Waals surface area contributed by atoms with Gasteiger partial charge >= 0.3 is 6.18 Å². The molecule has 0 saturated heterocycles. The zero-order valence-corrected chi connectivity index (χ0v) is 15.4. The van der Waals surface area contributed by atoms with Crippen LogP contribution >= 0.6 is 0 Å². The van der Waals surface area contributed by atoms with Crippen LogP contribution in [0.2, 0.25) is 0 Å². The zero-order chi connectivity index (χ0) is 19.8. The summed E-state index contributed by atoms with van der Waals surface area (Å²) in [5.74, 6) is 0.0984. The second-order valence-corrected chi connectivity index (χ2v) is 7.32. The standard InChI is InChI=1S/C17H23F3N6O/c1-4-21-14-11(17(18,19)20)7-22-15(24-14)23-12-8-26(9-16(2,3)27)25-13(12)10-5-6-10/h7-8,10,27H,4-6,9H2,1-3H3,(H2,21,22,23,24). The minimum Gasteiger partial charge on any atom is -0.389 e. The first-order chi connectivity index (χ1) is 12.6. The molecule has 1 saturated carbocycles. The van der Waals surface area contributed by atoms with Gasteiger partial charge in [-0.2, -0.15) is 23.3 Å². The predicted octanol–water partition coefficient (Wildman–Crippen LogP) is 3.52. The SMILES string of the molecule is CCNc1nc(Nc2cn(CC(C)(C)O)nc2C2CC2)ncc1C(F)(F)F. The van der Waals surface area contributed by atoms with E-state index in [1.54, 1.807) is 31.6 Å². The third kappa shape index (κ3) is 4.88. The van der Waals surface area contributed by atoms with Crippen LogP contribution in [0.5, 0.6) is 0 Å². The molecule has 0 bridgehead atoms. The van der Waals surface area contributed by atoms with Crippen molar-refractivity contribution in [1.29, 1.82) is 0 Å². The third-order valence-electron chi connectivity index (χ3n) is 3.99. The molecule has 0 atom stereocenters. The van der Waals surface area contributed by atoms with Crippen molar-refractivity contribution in [2.75, 3.05) is 17.2 Å². The van der Waals surface area contributed by atoms with E-state index in [-0.39, 0.29) is 11.8 Å². The Bertz CT molecular complexity index is 808. The first-order valence-electron chi connectivity index (χ1n) is 8.81. The highest BCUT2D eigenvalue weighted by Crippen LogP contribution is 2.43. The second-order valence-electron chi connectivity index (χ2n) is 7.32. The molecular formula is C17H23F3N6O. The molecule has 10 heteroatoms. The number of aromatic nitrogens is 4. The van der Waals surface area contributed by atoms with E-state index in [1.807, 2.05) is 0 Å². The van der Waals surface area contributed by atoms with Crippen LogP contribution in [0.1, 0.15) is 50.8 Å². The van der Waals surface area contributed by atoms with Crippen LogP contribution in [0.25, 0.3) is 0 Å². The Balaban J connectivity index is 1.89. The first-order valence-corrected chi connectivity index (χ1v) is 8.81. The summed E-state index contributed by atoms with van der Waals surface area (Å²) in [6, 6.07) is 0. The molecule has 7 nitrogen and oxygen atoms in total. The number of anilines is 3. The maximum Gasteiger partial charge on any atom is 0.421 e. The Hall–Kier alpha value is -2.36. The van der Waals surface area contributed by atoms with Gasteiger partial charge in [-0.15, -0.1) is 0 Å². The fourth-order valence-electron chi connectivity index (χ4n) is 2.74. The number of rotatable bonds is 7. The molecule has 2 heterocycles. The number of nitrogens with zero attached hydrogens (tertiary/aromatic N) is 4. The fourth-order valence-corrected chi connectivity index (χ4v) is 2.74. The number of hydrogen-bond donors (Lipinski definition) is 3. The second kappa shape index (κ2) is 6.99. The van der Waals surface area contributed by atoms with Crippen molar-refractivity contribution in [2.45, 2.75) is 57.9 Å². The summed E-state index contributed by atoms with van der Waals surface area (Å²) < 4.78 is 40.9. The van der Waals surface area contributed by atoms with Crippen molar-refractivity contribution in [3.63, 3.8) is 0 Å². The lowest BCUT2D eigenvalue weighted by atomic mass is 10.1. The number of aliphatic hydroxyl groups is 1. The zero-order valence-electron chi connectivity index (χ0n) is 15.4. The van der Waals surface area contributed by atoms with E-state index in [1.165, 1.54) is 0 Å². The number of nitrogens with one attached hydrogen (secondary N) is 2. The van der Waals surface area contributed by atoms with E-state index in [9.17, 15) is 18.3 Å². The quantitative estimate of drug-likeness (QED) is 0.677. The molecule has 27 heavy (non-hydrogen) atoms. The van der Waals surface area contributed by atoms with Crippen molar-refractivity contribution in [3.05, 3.63) is 23.7 Å². The van der Waals surface area contributed by atoms with Crippen LogP contribution in [-0.2, 0) is 12.7 Å². The highest BCUT2D eigenvalue weighted by atomic mass is 19.4.